The van der Waals surface area contributed by atoms with Gasteiger partial charge in [0.05, 0.1) is 0 Å². The summed E-state index contributed by atoms with van der Waals surface area (Å²) in [5.74, 6) is 0.703. The standard InChI is InChI=1S/C7H11ClN2OS/c1-3-5(11-4-2)6-9-7(8)12-10-6/h5H,3-4H2,1-2H3. The van der Waals surface area contributed by atoms with Gasteiger partial charge >= 0.3 is 0 Å². The van der Waals surface area contributed by atoms with Crippen LogP contribution in [-0.4, -0.2) is 16.0 Å². The van der Waals surface area contributed by atoms with Crippen LogP contribution in [0, 0.1) is 0 Å². The van der Waals surface area contributed by atoms with E-state index in [1.165, 1.54) is 11.5 Å². The summed E-state index contributed by atoms with van der Waals surface area (Å²) in [5, 5.41) is 0. The highest BCUT2D eigenvalue weighted by molar-refractivity contribution is 7.10. The van der Waals surface area contributed by atoms with E-state index < -0.39 is 0 Å². The molecule has 1 unspecified atom stereocenters. The number of hydrogen-bond donors (Lipinski definition) is 0. The highest BCUT2D eigenvalue weighted by Crippen LogP contribution is 2.21. The topological polar surface area (TPSA) is 35.0 Å². The lowest BCUT2D eigenvalue weighted by atomic mass is 10.2. The summed E-state index contributed by atoms with van der Waals surface area (Å²) in [6.07, 6.45) is 0.875. The van der Waals surface area contributed by atoms with Gasteiger partial charge in [0, 0.05) is 6.61 Å². The number of rotatable bonds is 4. The summed E-state index contributed by atoms with van der Waals surface area (Å²) in [6, 6.07) is 0. The SMILES string of the molecule is CCOC(CC)c1nsc(Cl)n1. The first-order chi connectivity index (χ1) is 5.77. The number of ether oxygens (including phenoxy) is 1. The quantitative estimate of drug-likeness (QED) is 0.760. The number of hydrogen-bond acceptors (Lipinski definition) is 4. The molecule has 0 fully saturated rings. The molecule has 0 saturated heterocycles. The fourth-order valence-corrected chi connectivity index (χ4v) is 1.57. The van der Waals surface area contributed by atoms with Crippen LogP contribution in [0.1, 0.15) is 32.2 Å². The molecule has 0 bridgehead atoms. The van der Waals surface area contributed by atoms with E-state index in [1.807, 2.05) is 13.8 Å². The molecule has 0 aliphatic heterocycles. The van der Waals surface area contributed by atoms with Crippen molar-refractivity contribution < 1.29 is 4.74 Å². The van der Waals surface area contributed by atoms with Crippen molar-refractivity contribution in [2.24, 2.45) is 0 Å². The third-order valence-electron chi connectivity index (χ3n) is 1.44. The molecule has 0 aliphatic carbocycles. The molecule has 0 aliphatic rings. The highest BCUT2D eigenvalue weighted by Gasteiger charge is 2.13. The molecular formula is C7H11ClN2OS. The molecule has 0 spiro atoms. The normalized spacial score (nSPS) is 13.2. The van der Waals surface area contributed by atoms with E-state index in [-0.39, 0.29) is 6.10 Å². The van der Waals surface area contributed by atoms with Crippen LogP contribution in [0.3, 0.4) is 0 Å². The minimum Gasteiger partial charge on any atom is -0.370 e. The molecule has 0 N–H and O–H groups in total. The summed E-state index contributed by atoms with van der Waals surface area (Å²) in [5.41, 5.74) is 0. The summed E-state index contributed by atoms with van der Waals surface area (Å²) < 4.78 is 9.97. The molecule has 0 aromatic carbocycles. The minimum atomic E-state index is -0.00116. The Labute approximate surface area is 80.9 Å². The van der Waals surface area contributed by atoms with Crippen molar-refractivity contribution in [1.82, 2.24) is 9.36 Å². The van der Waals surface area contributed by atoms with Gasteiger partial charge in [0.15, 0.2) is 5.82 Å². The summed E-state index contributed by atoms with van der Waals surface area (Å²) in [4.78, 5) is 4.05. The Kier molecular flexibility index (Phi) is 3.91. The third kappa shape index (κ3) is 2.40. The Morgan fingerprint density at radius 3 is 2.75 bits per heavy atom. The molecule has 68 valence electrons. The zero-order valence-corrected chi connectivity index (χ0v) is 8.65. The molecule has 12 heavy (non-hydrogen) atoms. The maximum Gasteiger partial charge on any atom is 0.203 e. The molecule has 0 radical (unpaired) electrons. The average molecular weight is 207 g/mol. The van der Waals surface area contributed by atoms with Gasteiger partial charge in [-0.25, -0.2) is 4.98 Å². The van der Waals surface area contributed by atoms with Crippen LogP contribution in [0.25, 0.3) is 0 Å². The summed E-state index contributed by atoms with van der Waals surface area (Å²) in [6.45, 7) is 4.67. The van der Waals surface area contributed by atoms with Gasteiger partial charge in [0.2, 0.25) is 4.47 Å². The van der Waals surface area contributed by atoms with Crippen molar-refractivity contribution in [2.75, 3.05) is 6.61 Å². The van der Waals surface area contributed by atoms with E-state index in [9.17, 15) is 0 Å². The van der Waals surface area contributed by atoms with Gasteiger partial charge in [-0.1, -0.05) is 6.92 Å². The van der Waals surface area contributed by atoms with Crippen molar-refractivity contribution in [3.63, 3.8) is 0 Å². The van der Waals surface area contributed by atoms with Gasteiger partial charge in [0.25, 0.3) is 0 Å². The molecular weight excluding hydrogens is 196 g/mol. The predicted molar refractivity (Wildman–Crippen MR) is 49.6 cm³/mol. The predicted octanol–water partition coefficient (Wildman–Crippen LogP) is 2.68. The molecule has 5 heteroatoms. The molecule has 3 nitrogen and oxygen atoms in total. The van der Waals surface area contributed by atoms with Crippen LogP contribution < -0.4 is 0 Å². The molecule has 0 saturated carbocycles. The van der Waals surface area contributed by atoms with E-state index in [0.717, 1.165) is 6.42 Å². The summed E-state index contributed by atoms with van der Waals surface area (Å²) in [7, 11) is 0. The first kappa shape index (κ1) is 9.89. The van der Waals surface area contributed by atoms with E-state index in [2.05, 4.69) is 9.36 Å². The zero-order chi connectivity index (χ0) is 8.97. The van der Waals surface area contributed by atoms with Gasteiger partial charge in [0.1, 0.15) is 6.10 Å². The van der Waals surface area contributed by atoms with E-state index >= 15 is 0 Å². The second-order valence-corrected chi connectivity index (χ2v) is 3.59. The fraction of sp³-hybridized carbons (Fsp3) is 0.714. The van der Waals surface area contributed by atoms with Crippen molar-refractivity contribution in [3.05, 3.63) is 10.3 Å². The van der Waals surface area contributed by atoms with E-state index in [4.69, 9.17) is 16.3 Å². The van der Waals surface area contributed by atoms with E-state index in [0.29, 0.717) is 16.9 Å². The lowest BCUT2D eigenvalue weighted by Crippen LogP contribution is -2.04. The monoisotopic (exact) mass is 206 g/mol. The first-order valence-electron chi connectivity index (χ1n) is 3.88. The third-order valence-corrected chi connectivity index (χ3v) is 2.26. The largest absolute Gasteiger partial charge is 0.370 e. The Morgan fingerprint density at radius 1 is 1.58 bits per heavy atom. The molecule has 1 rings (SSSR count). The molecule has 1 atom stereocenters. The zero-order valence-electron chi connectivity index (χ0n) is 7.08. The summed E-state index contributed by atoms with van der Waals surface area (Å²) >= 11 is 6.85. The lowest BCUT2D eigenvalue weighted by Gasteiger charge is -2.09. The average Bonchev–Trinajstić information content (AvgIpc) is 2.47. The highest BCUT2D eigenvalue weighted by atomic mass is 35.5. The van der Waals surface area contributed by atoms with Crippen molar-refractivity contribution in [2.45, 2.75) is 26.4 Å². The van der Waals surface area contributed by atoms with Crippen LogP contribution in [0.15, 0.2) is 0 Å². The van der Waals surface area contributed by atoms with E-state index in [1.54, 1.807) is 0 Å². The fourth-order valence-electron chi connectivity index (χ4n) is 0.922. The van der Waals surface area contributed by atoms with Crippen LogP contribution in [0.5, 0.6) is 0 Å². The van der Waals surface area contributed by atoms with Gasteiger partial charge in [-0.15, -0.1) is 0 Å². The molecule has 1 heterocycles. The number of halogens is 1. The Bertz CT molecular complexity index is 241. The van der Waals surface area contributed by atoms with Crippen LogP contribution >= 0.6 is 23.1 Å². The minimum absolute atomic E-state index is 0.00116. The molecule has 1 aromatic heterocycles. The van der Waals surface area contributed by atoms with Gasteiger partial charge in [-0.3, -0.25) is 0 Å². The molecule has 0 amide bonds. The lowest BCUT2D eigenvalue weighted by molar-refractivity contribution is 0.0543. The number of nitrogens with zero attached hydrogens (tertiary/aromatic N) is 2. The smallest absolute Gasteiger partial charge is 0.203 e. The van der Waals surface area contributed by atoms with Crippen molar-refractivity contribution >= 4 is 23.1 Å². The molecule has 1 aromatic rings. The van der Waals surface area contributed by atoms with Crippen molar-refractivity contribution in [3.8, 4) is 0 Å². The van der Waals surface area contributed by atoms with Crippen LogP contribution in [0.4, 0.5) is 0 Å². The Balaban J connectivity index is 2.66. The van der Waals surface area contributed by atoms with Crippen LogP contribution in [-0.2, 0) is 4.74 Å². The van der Waals surface area contributed by atoms with Crippen molar-refractivity contribution in [1.29, 1.82) is 0 Å². The van der Waals surface area contributed by atoms with Gasteiger partial charge in [-0.2, -0.15) is 4.37 Å². The second-order valence-electron chi connectivity index (χ2n) is 2.26. The van der Waals surface area contributed by atoms with Gasteiger partial charge in [-0.05, 0) is 36.5 Å². The maximum absolute atomic E-state index is 5.65. The Hall–Kier alpha value is -0.190. The second kappa shape index (κ2) is 4.74. The van der Waals surface area contributed by atoms with Gasteiger partial charge < -0.3 is 4.74 Å². The number of aromatic nitrogens is 2. The Morgan fingerprint density at radius 2 is 2.33 bits per heavy atom. The van der Waals surface area contributed by atoms with Crippen LogP contribution in [0.2, 0.25) is 4.47 Å². The maximum atomic E-state index is 5.65. The first-order valence-corrected chi connectivity index (χ1v) is 5.03.